The molecule has 182 valence electrons. The van der Waals surface area contributed by atoms with Crippen LogP contribution >= 0.6 is 0 Å². The Kier molecular flexibility index (Phi) is 6.66. The number of carbonyl (C=O) groups excluding carboxylic acids is 3. The molecule has 2 saturated carbocycles. The molecule has 1 aromatic carbocycles. The first-order chi connectivity index (χ1) is 16.8. The standard InChI is InChI=1S/C25H26N4O6/c1-4-15-12-25(15,24(32)34-3)29-23(31)14-5-6-17(9-14)35-22-11-20(21(30)13-27-26)28-19-10-16(33-2)7-8-18(19)22/h4,7-8,10-11,13-15,17H,1,5-6,9,12H2,2-3H3,(H,29,31)/t14-,15-,17?,25+/m0/s1. The number of rotatable bonds is 9. The summed E-state index contributed by atoms with van der Waals surface area (Å²) in [5.74, 6) is -0.756. The van der Waals surface area contributed by atoms with Crippen LogP contribution in [0, 0.1) is 11.8 Å². The smallest absolute Gasteiger partial charge is 0.332 e. The predicted molar refractivity (Wildman–Crippen MR) is 125 cm³/mol. The Bertz CT molecular complexity index is 1250. The van der Waals surface area contributed by atoms with Gasteiger partial charge in [-0.1, -0.05) is 6.08 Å². The van der Waals surface area contributed by atoms with Crippen LogP contribution in [0.25, 0.3) is 16.4 Å². The average Bonchev–Trinajstić information content (AvgIpc) is 3.38. The number of carbonyl (C=O) groups is 3. The highest BCUT2D eigenvalue weighted by atomic mass is 16.5. The van der Waals surface area contributed by atoms with Crippen molar-refractivity contribution in [3.05, 3.63) is 48.1 Å². The lowest BCUT2D eigenvalue weighted by Gasteiger charge is -2.20. The quantitative estimate of drug-likeness (QED) is 0.146. The van der Waals surface area contributed by atoms with Crippen LogP contribution in [-0.4, -0.2) is 59.5 Å². The van der Waals surface area contributed by atoms with E-state index in [-0.39, 0.29) is 29.5 Å². The van der Waals surface area contributed by atoms with E-state index in [1.54, 1.807) is 24.3 Å². The Morgan fingerprint density at radius 2 is 2.06 bits per heavy atom. The van der Waals surface area contributed by atoms with Gasteiger partial charge in [-0.25, -0.2) is 9.78 Å². The predicted octanol–water partition coefficient (Wildman–Crippen LogP) is 2.51. The first kappa shape index (κ1) is 24.1. The second kappa shape index (κ2) is 9.68. The maximum Gasteiger partial charge on any atom is 0.332 e. The van der Waals surface area contributed by atoms with E-state index < -0.39 is 17.3 Å². The molecular formula is C25H26N4O6. The number of hydrogen-bond acceptors (Lipinski definition) is 7. The van der Waals surface area contributed by atoms with Gasteiger partial charge in [0.2, 0.25) is 5.91 Å². The molecule has 1 N–H and O–H groups in total. The van der Waals surface area contributed by atoms with Gasteiger partial charge in [-0.3, -0.25) is 9.59 Å². The zero-order valence-electron chi connectivity index (χ0n) is 19.5. The molecule has 2 aliphatic carbocycles. The third-order valence-corrected chi connectivity index (χ3v) is 6.65. The maximum absolute atomic E-state index is 13.0. The van der Waals surface area contributed by atoms with Crippen LogP contribution in [0.2, 0.25) is 0 Å². The van der Waals surface area contributed by atoms with Crippen molar-refractivity contribution >= 4 is 34.8 Å². The molecule has 35 heavy (non-hydrogen) atoms. The fourth-order valence-electron chi connectivity index (χ4n) is 4.62. The van der Waals surface area contributed by atoms with Gasteiger partial charge < -0.3 is 25.1 Å². The number of esters is 1. The summed E-state index contributed by atoms with van der Waals surface area (Å²) in [5.41, 5.74) is 8.24. The molecule has 4 rings (SSSR count). The molecule has 2 aromatic rings. The number of Topliss-reactive ketones (excluding diaryl/α,β-unsaturated/α-hetero) is 1. The molecule has 1 unspecified atom stereocenters. The molecule has 10 heteroatoms. The van der Waals surface area contributed by atoms with Gasteiger partial charge in [-0.05, 0) is 37.8 Å². The van der Waals surface area contributed by atoms with Gasteiger partial charge in [0.25, 0.3) is 5.78 Å². The molecule has 2 fully saturated rings. The van der Waals surface area contributed by atoms with Crippen molar-refractivity contribution in [2.24, 2.45) is 11.8 Å². The van der Waals surface area contributed by atoms with E-state index in [4.69, 9.17) is 19.7 Å². The molecule has 1 heterocycles. The van der Waals surface area contributed by atoms with E-state index in [0.717, 1.165) is 6.21 Å². The van der Waals surface area contributed by atoms with Crippen molar-refractivity contribution in [1.82, 2.24) is 10.3 Å². The highest BCUT2D eigenvalue weighted by molar-refractivity contribution is 6.33. The van der Waals surface area contributed by atoms with Crippen LogP contribution in [0.3, 0.4) is 0 Å². The largest absolute Gasteiger partial charge is 0.497 e. The van der Waals surface area contributed by atoms with E-state index in [0.29, 0.717) is 48.1 Å². The second-order valence-corrected chi connectivity index (χ2v) is 8.75. The number of fused-ring (bicyclic) bond motifs is 1. The molecular weight excluding hydrogens is 452 g/mol. The van der Waals surface area contributed by atoms with Crippen molar-refractivity contribution in [2.45, 2.75) is 37.3 Å². The minimum Gasteiger partial charge on any atom is -0.497 e. The maximum atomic E-state index is 13.0. The minimum atomic E-state index is -1.03. The van der Waals surface area contributed by atoms with E-state index >= 15 is 0 Å². The third kappa shape index (κ3) is 4.65. The van der Waals surface area contributed by atoms with Crippen LogP contribution in [0.1, 0.15) is 36.2 Å². The number of pyridine rings is 1. The number of ketones is 1. The molecule has 0 saturated heterocycles. The summed E-state index contributed by atoms with van der Waals surface area (Å²) in [6.07, 6.45) is 4.27. The zero-order valence-corrected chi connectivity index (χ0v) is 19.5. The summed E-state index contributed by atoms with van der Waals surface area (Å²) in [4.78, 5) is 44.6. The summed E-state index contributed by atoms with van der Waals surface area (Å²) >= 11 is 0. The van der Waals surface area contributed by atoms with Gasteiger partial charge in [-0.15, -0.1) is 6.58 Å². The minimum absolute atomic E-state index is 0.0510. The summed E-state index contributed by atoms with van der Waals surface area (Å²) in [5, 5.41) is 3.55. The number of aromatic nitrogens is 1. The van der Waals surface area contributed by atoms with E-state index in [1.807, 2.05) is 0 Å². The number of benzene rings is 1. The molecule has 1 amide bonds. The van der Waals surface area contributed by atoms with Crippen molar-refractivity contribution < 1.29 is 33.4 Å². The molecule has 1 aromatic heterocycles. The van der Waals surface area contributed by atoms with Crippen molar-refractivity contribution in [3.63, 3.8) is 0 Å². The normalized spacial score (nSPS) is 24.7. The lowest BCUT2D eigenvalue weighted by atomic mass is 10.1. The molecule has 0 bridgehead atoms. The lowest BCUT2D eigenvalue weighted by Crippen LogP contribution is -2.47. The van der Waals surface area contributed by atoms with Gasteiger partial charge in [-0.2, -0.15) is 4.79 Å². The number of hydrogen-bond donors (Lipinski definition) is 1. The van der Waals surface area contributed by atoms with Crippen molar-refractivity contribution in [2.75, 3.05) is 14.2 Å². The first-order valence-electron chi connectivity index (χ1n) is 11.3. The monoisotopic (exact) mass is 478 g/mol. The van der Waals surface area contributed by atoms with Crippen LogP contribution < -0.4 is 14.8 Å². The fraction of sp³-hybridized carbons (Fsp3) is 0.400. The van der Waals surface area contributed by atoms with Crippen LogP contribution in [-0.2, 0) is 14.3 Å². The van der Waals surface area contributed by atoms with Gasteiger partial charge in [0.1, 0.15) is 22.7 Å². The summed E-state index contributed by atoms with van der Waals surface area (Å²) < 4.78 is 16.4. The Balaban J connectivity index is 1.52. The number of ether oxygens (including phenoxy) is 3. The average molecular weight is 479 g/mol. The van der Waals surface area contributed by atoms with Crippen molar-refractivity contribution in [1.29, 1.82) is 0 Å². The Labute approximate surface area is 201 Å². The van der Waals surface area contributed by atoms with Gasteiger partial charge in [0.15, 0.2) is 0 Å². The second-order valence-electron chi connectivity index (χ2n) is 8.75. The topological polar surface area (TPSA) is 140 Å². The first-order valence-corrected chi connectivity index (χ1v) is 11.3. The van der Waals surface area contributed by atoms with Gasteiger partial charge >= 0.3 is 12.2 Å². The molecule has 0 spiro atoms. The SMILES string of the molecule is C=C[C@H]1C[C@]1(NC(=O)[C@H]1CCC(Oc2cc(C(=O)C=[N+]=[N-])nc3cc(OC)ccc23)C1)C(=O)OC. The highest BCUT2D eigenvalue weighted by Gasteiger charge is 2.61. The number of methoxy groups -OCH3 is 2. The van der Waals surface area contributed by atoms with Crippen LogP contribution in [0.15, 0.2) is 36.9 Å². The molecule has 2 aliphatic rings. The van der Waals surface area contributed by atoms with Crippen LogP contribution in [0.4, 0.5) is 0 Å². The fourth-order valence-corrected chi connectivity index (χ4v) is 4.62. The van der Waals surface area contributed by atoms with Gasteiger partial charge in [0.05, 0.1) is 25.8 Å². The van der Waals surface area contributed by atoms with Gasteiger partial charge in [0, 0.05) is 29.4 Å². The molecule has 0 aliphatic heterocycles. The van der Waals surface area contributed by atoms with Crippen LogP contribution in [0.5, 0.6) is 11.5 Å². The summed E-state index contributed by atoms with van der Waals surface area (Å²) in [7, 11) is 2.83. The molecule has 0 radical (unpaired) electrons. The number of nitrogens with one attached hydrogen (secondary N) is 1. The van der Waals surface area contributed by atoms with E-state index in [1.165, 1.54) is 20.3 Å². The summed E-state index contributed by atoms with van der Waals surface area (Å²) in [6.45, 7) is 3.73. The number of nitrogens with zero attached hydrogens (tertiary/aromatic N) is 3. The van der Waals surface area contributed by atoms with Crippen molar-refractivity contribution in [3.8, 4) is 11.5 Å². The highest BCUT2D eigenvalue weighted by Crippen LogP contribution is 2.46. The van der Waals surface area contributed by atoms with E-state index in [2.05, 4.69) is 21.7 Å². The Morgan fingerprint density at radius 1 is 1.26 bits per heavy atom. The third-order valence-electron chi connectivity index (χ3n) is 6.65. The molecule has 4 atom stereocenters. The summed E-state index contributed by atoms with van der Waals surface area (Å²) in [6, 6.07) is 6.72. The zero-order chi connectivity index (χ0) is 25.2. The lowest BCUT2D eigenvalue weighted by molar-refractivity contribution is -0.147. The number of amides is 1. The Hall–Kier alpha value is -4.04. The molecule has 10 nitrogen and oxygen atoms in total. The van der Waals surface area contributed by atoms with E-state index in [9.17, 15) is 14.4 Å². The Morgan fingerprint density at radius 3 is 2.71 bits per heavy atom.